The molecule has 2 aliphatic carbocycles. The van der Waals surface area contributed by atoms with Crippen LogP contribution in [0.3, 0.4) is 0 Å². The highest BCUT2D eigenvalue weighted by atomic mass is 35.5. The van der Waals surface area contributed by atoms with E-state index in [4.69, 9.17) is 11.6 Å². The lowest BCUT2D eigenvalue weighted by Crippen LogP contribution is -2.25. The van der Waals surface area contributed by atoms with Crippen molar-refractivity contribution in [2.24, 2.45) is 11.3 Å². The smallest absolute Gasteiger partial charge is 0.141 e. The van der Waals surface area contributed by atoms with E-state index in [0.717, 1.165) is 24.6 Å². The van der Waals surface area contributed by atoms with Crippen molar-refractivity contribution in [3.8, 4) is 0 Å². The third-order valence-corrected chi connectivity index (χ3v) is 4.42. The lowest BCUT2D eigenvalue weighted by Gasteiger charge is -2.15. The zero-order valence-electron chi connectivity index (χ0n) is 9.81. The summed E-state index contributed by atoms with van der Waals surface area (Å²) in [5, 5.41) is 3.71. The molecular weight excluding hydrogens is 237 g/mol. The van der Waals surface area contributed by atoms with Gasteiger partial charge in [-0.1, -0.05) is 17.7 Å². The van der Waals surface area contributed by atoms with Gasteiger partial charge in [-0.25, -0.2) is 4.39 Å². The van der Waals surface area contributed by atoms with Crippen LogP contribution in [0, 0.1) is 17.2 Å². The highest BCUT2D eigenvalue weighted by Crippen LogP contribution is 2.60. The SMILES string of the molecule is Fc1ccc(CNCC2(C3CC3)CC2)cc1Cl. The summed E-state index contributed by atoms with van der Waals surface area (Å²) < 4.78 is 13.0. The number of nitrogens with one attached hydrogen (secondary N) is 1. The molecule has 0 heterocycles. The van der Waals surface area contributed by atoms with Crippen LogP contribution in [0.2, 0.25) is 5.02 Å². The molecule has 0 atom stereocenters. The minimum atomic E-state index is -0.341. The Balaban J connectivity index is 1.52. The van der Waals surface area contributed by atoms with Crippen LogP contribution < -0.4 is 5.32 Å². The van der Waals surface area contributed by atoms with E-state index in [9.17, 15) is 4.39 Å². The Hall–Kier alpha value is -0.600. The van der Waals surface area contributed by atoms with Gasteiger partial charge >= 0.3 is 0 Å². The predicted octanol–water partition coefficient (Wildman–Crippen LogP) is 3.76. The molecule has 17 heavy (non-hydrogen) atoms. The highest BCUT2D eigenvalue weighted by molar-refractivity contribution is 6.30. The van der Waals surface area contributed by atoms with Gasteiger partial charge in [-0.05, 0) is 54.7 Å². The van der Waals surface area contributed by atoms with E-state index in [-0.39, 0.29) is 10.8 Å². The van der Waals surface area contributed by atoms with E-state index in [2.05, 4.69) is 5.32 Å². The van der Waals surface area contributed by atoms with Gasteiger partial charge in [0.15, 0.2) is 0 Å². The summed E-state index contributed by atoms with van der Waals surface area (Å²) in [6, 6.07) is 4.94. The van der Waals surface area contributed by atoms with Crippen molar-refractivity contribution < 1.29 is 4.39 Å². The molecule has 2 aliphatic rings. The molecule has 1 N–H and O–H groups in total. The summed E-state index contributed by atoms with van der Waals surface area (Å²) in [4.78, 5) is 0. The standard InChI is InChI=1S/C14H17ClFN/c15-12-7-10(1-4-13(12)16)8-17-9-14(5-6-14)11-2-3-11/h1,4,7,11,17H,2-3,5-6,8-9H2. The van der Waals surface area contributed by atoms with E-state index in [0.29, 0.717) is 5.41 Å². The summed E-state index contributed by atoms with van der Waals surface area (Å²) in [7, 11) is 0. The van der Waals surface area contributed by atoms with Crippen LogP contribution in [0.5, 0.6) is 0 Å². The van der Waals surface area contributed by atoms with E-state index in [1.54, 1.807) is 12.1 Å². The fourth-order valence-electron chi connectivity index (χ4n) is 2.69. The molecule has 0 radical (unpaired) electrons. The maximum atomic E-state index is 13.0. The monoisotopic (exact) mass is 253 g/mol. The summed E-state index contributed by atoms with van der Waals surface area (Å²) in [5.74, 6) is 0.638. The quantitative estimate of drug-likeness (QED) is 0.843. The van der Waals surface area contributed by atoms with Gasteiger partial charge in [0.05, 0.1) is 5.02 Å². The van der Waals surface area contributed by atoms with Crippen molar-refractivity contribution >= 4 is 11.6 Å². The van der Waals surface area contributed by atoms with Crippen molar-refractivity contribution in [3.63, 3.8) is 0 Å². The van der Waals surface area contributed by atoms with E-state index < -0.39 is 0 Å². The molecule has 0 spiro atoms. The maximum Gasteiger partial charge on any atom is 0.141 e. The van der Waals surface area contributed by atoms with Crippen LogP contribution in [0.15, 0.2) is 18.2 Å². The third kappa shape index (κ3) is 2.48. The summed E-state index contributed by atoms with van der Waals surface area (Å²) >= 11 is 5.75. The molecule has 0 aromatic heterocycles. The van der Waals surface area contributed by atoms with Crippen molar-refractivity contribution in [1.29, 1.82) is 0 Å². The number of benzene rings is 1. The fraction of sp³-hybridized carbons (Fsp3) is 0.571. The van der Waals surface area contributed by atoms with Crippen molar-refractivity contribution in [2.75, 3.05) is 6.54 Å². The van der Waals surface area contributed by atoms with Gasteiger partial charge in [-0.3, -0.25) is 0 Å². The lowest BCUT2D eigenvalue weighted by molar-refractivity contribution is 0.403. The first-order chi connectivity index (χ1) is 8.20. The Morgan fingerprint density at radius 2 is 2.12 bits per heavy atom. The summed E-state index contributed by atoms with van der Waals surface area (Å²) in [5.41, 5.74) is 1.67. The average Bonchev–Trinajstić information content (AvgIpc) is 3.14. The first-order valence-electron chi connectivity index (χ1n) is 6.34. The molecule has 0 unspecified atom stereocenters. The zero-order chi connectivity index (χ0) is 11.9. The average molecular weight is 254 g/mol. The normalized spacial score (nSPS) is 21.5. The Morgan fingerprint density at radius 1 is 1.35 bits per heavy atom. The number of hydrogen-bond donors (Lipinski definition) is 1. The molecule has 1 aromatic carbocycles. The van der Waals surface area contributed by atoms with E-state index in [1.165, 1.54) is 31.7 Å². The second-order valence-electron chi connectivity index (χ2n) is 5.49. The molecule has 0 bridgehead atoms. The molecule has 2 fully saturated rings. The van der Waals surface area contributed by atoms with Crippen LogP contribution in [0.4, 0.5) is 4.39 Å². The molecule has 1 nitrogen and oxygen atoms in total. The largest absolute Gasteiger partial charge is 0.312 e. The van der Waals surface area contributed by atoms with Crippen molar-refractivity contribution in [1.82, 2.24) is 5.32 Å². The second-order valence-corrected chi connectivity index (χ2v) is 5.90. The van der Waals surface area contributed by atoms with Crippen molar-refractivity contribution in [3.05, 3.63) is 34.6 Å². The van der Waals surface area contributed by atoms with Gasteiger partial charge in [0.1, 0.15) is 5.82 Å². The lowest BCUT2D eigenvalue weighted by atomic mass is 10.0. The Morgan fingerprint density at radius 3 is 2.71 bits per heavy atom. The zero-order valence-corrected chi connectivity index (χ0v) is 10.6. The number of rotatable bonds is 5. The van der Waals surface area contributed by atoms with Gasteiger partial charge in [-0.15, -0.1) is 0 Å². The Kier molecular flexibility index (Phi) is 2.87. The van der Waals surface area contributed by atoms with Crippen LogP contribution in [0.1, 0.15) is 31.2 Å². The number of halogens is 2. The first kappa shape index (κ1) is 11.5. The Bertz CT molecular complexity index is 424. The topological polar surface area (TPSA) is 12.0 Å². The molecule has 3 heteroatoms. The second kappa shape index (κ2) is 4.25. The third-order valence-electron chi connectivity index (χ3n) is 4.13. The molecule has 2 saturated carbocycles. The highest BCUT2D eigenvalue weighted by Gasteiger charge is 2.53. The van der Waals surface area contributed by atoms with Crippen LogP contribution in [-0.4, -0.2) is 6.54 Å². The maximum absolute atomic E-state index is 13.0. The summed E-state index contributed by atoms with van der Waals surface area (Å²) in [6.45, 7) is 1.89. The van der Waals surface area contributed by atoms with Crippen molar-refractivity contribution in [2.45, 2.75) is 32.2 Å². The van der Waals surface area contributed by atoms with Crippen LogP contribution in [0.25, 0.3) is 0 Å². The van der Waals surface area contributed by atoms with Crippen LogP contribution >= 0.6 is 11.6 Å². The minimum absolute atomic E-state index is 0.215. The van der Waals surface area contributed by atoms with Gasteiger partial charge in [0, 0.05) is 13.1 Å². The van der Waals surface area contributed by atoms with Gasteiger partial charge in [0.2, 0.25) is 0 Å². The molecular formula is C14H17ClFN. The molecule has 0 saturated heterocycles. The molecule has 1 aromatic rings. The molecule has 3 rings (SSSR count). The molecule has 92 valence electrons. The predicted molar refractivity (Wildman–Crippen MR) is 67.5 cm³/mol. The van der Waals surface area contributed by atoms with E-state index in [1.807, 2.05) is 0 Å². The molecule has 0 aliphatic heterocycles. The molecule has 0 amide bonds. The van der Waals surface area contributed by atoms with Gasteiger partial charge < -0.3 is 5.32 Å². The van der Waals surface area contributed by atoms with E-state index >= 15 is 0 Å². The minimum Gasteiger partial charge on any atom is -0.312 e. The van der Waals surface area contributed by atoms with Gasteiger partial charge in [0.25, 0.3) is 0 Å². The summed E-state index contributed by atoms with van der Waals surface area (Å²) in [6.07, 6.45) is 5.61. The number of hydrogen-bond acceptors (Lipinski definition) is 1. The first-order valence-corrected chi connectivity index (χ1v) is 6.72. The Labute approximate surface area is 106 Å². The van der Waals surface area contributed by atoms with Gasteiger partial charge in [-0.2, -0.15) is 0 Å². The van der Waals surface area contributed by atoms with Crippen LogP contribution in [-0.2, 0) is 6.54 Å². The fourth-order valence-corrected chi connectivity index (χ4v) is 2.89.